The number of amides is 2. The molecule has 0 bridgehead atoms. The molecule has 1 unspecified atom stereocenters. The average molecular weight is 348 g/mol. The lowest BCUT2D eigenvalue weighted by Crippen LogP contribution is -2.46. The molecule has 0 aromatic carbocycles. The molecule has 0 spiro atoms. The van der Waals surface area contributed by atoms with E-state index in [0.29, 0.717) is 12.8 Å². The lowest BCUT2D eigenvalue weighted by molar-refractivity contribution is -0.142. The second-order valence-corrected chi connectivity index (χ2v) is 7.40. The number of nitrogens with one attached hydrogen (secondary N) is 1. The Morgan fingerprint density at radius 3 is 2.40 bits per heavy atom. The van der Waals surface area contributed by atoms with Gasteiger partial charge in [0.15, 0.2) is 0 Å². The molecule has 1 saturated heterocycles. The zero-order valence-electron chi connectivity index (χ0n) is 15.3. The lowest BCUT2D eigenvalue weighted by atomic mass is 9.86. The van der Waals surface area contributed by atoms with E-state index in [9.17, 15) is 9.59 Å². The number of rotatable bonds is 3. The maximum atomic E-state index is 12.8. The molecule has 1 aliphatic carbocycles. The van der Waals surface area contributed by atoms with Crippen molar-refractivity contribution >= 4 is 12.0 Å². The van der Waals surface area contributed by atoms with Crippen LogP contribution in [0.5, 0.6) is 0 Å². The second kappa shape index (κ2) is 7.06. The fourth-order valence-electron chi connectivity index (χ4n) is 4.32. The van der Waals surface area contributed by atoms with Crippen LogP contribution in [0.3, 0.4) is 0 Å². The van der Waals surface area contributed by atoms with Gasteiger partial charge < -0.3 is 15.3 Å². The molecule has 2 amide bonds. The fraction of sp³-hybridized carbons (Fsp3) is 0.722. The van der Waals surface area contributed by atoms with Crippen molar-refractivity contribution in [3.8, 4) is 0 Å². The summed E-state index contributed by atoms with van der Waals surface area (Å²) in [5.74, 6) is -0.972. The Labute approximate surface area is 148 Å². The van der Waals surface area contributed by atoms with E-state index in [4.69, 9.17) is 5.11 Å². The molecule has 1 atom stereocenters. The Bertz CT molecular complexity index is 662. The van der Waals surface area contributed by atoms with E-state index in [-0.39, 0.29) is 24.0 Å². The number of carbonyl (C=O) groups excluding carboxylic acids is 1. The van der Waals surface area contributed by atoms with Crippen molar-refractivity contribution in [2.45, 2.75) is 64.5 Å². The highest BCUT2D eigenvalue weighted by Crippen LogP contribution is 2.35. The Morgan fingerprint density at radius 2 is 1.84 bits per heavy atom. The average Bonchev–Trinajstić information content (AvgIpc) is 3.13. The predicted octanol–water partition coefficient (Wildman–Crippen LogP) is 2.53. The molecule has 2 N–H and O–H groups in total. The third-order valence-corrected chi connectivity index (χ3v) is 5.82. The van der Waals surface area contributed by atoms with Crippen LogP contribution >= 0.6 is 0 Å². The van der Waals surface area contributed by atoms with Gasteiger partial charge >= 0.3 is 12.0 Å². The molecule has 2 aliphatic rings. The van der Waals surface area contributed by atoms with Crippen molar-refractivity contribution in [1.29, 1.82) is 0 Å². The summed E-state index contributed by atoms with van der Waals surface area (Å²) in [7, 11) is 1.94. The van der Waals surface area contributed by atoms with Crippen LogP contribution in [-0.4, -0.2) is 44.4 Å². The first-order valence-electron chi connectivity index (χ1n) is 9.18. The normalized spacial score (nSPS) is 26.7. The maximum Gasteiger partial charge on any atom is 0.318 e. The molecule has 2 fully saturated rings. The number of aliphatic carboxylic acids is 1. The van der Waals surface area contributed by atoms with Crippen LogP contribution in [0.1, 0.15) is 61.5 Å². The number of carbonyl (C=O) groups is 2. The van der Waals surface area contributed by atoms with Gasteiger partial charge in [0.25, 0.3) is 0 Å². The summed E-state index contributed by atoms with van der Waals surface area (Å²) in [6.45, 7) is 4.82. The Kier molecular flexibility index (Phi) is 5.01. The van der Waals surface area contributed by atoms with Gasteiger partial charge in [0.05, 0.1) is 17.7 Å². The van der Waals surface area contributed by atoms with Crippen LogP contribution in [0.15, 0.2) is 0 Å². The van der Waals surface area contributed by atoms with E-state index in [1.807, 2.05) is 23.6 Å². The number of likely N-dealkylation sites (tertiary alicyclic amines) is 1. The van der Waals surface area contributed by atoms with Crippen LogP contribution in [0.25, 0.3) is 0 Å². The van der Waals surface area contributed by atoms with Crippen molar-refractivity contribution in [2.24, 2.45) is 13.0 Å². The van der Waals surface area contributed by atoms with Crippen LogP contribution < -0.4 is 5.32 Å². The Morgan fingerprint density at radius 1 is 1.16 bits per heavy atom. The SMILES string of the molecule is Cc1nn(C)c(C)c1C1CCCN1C(=O)NC1CCC(C(=O)O)CC1. The van der Waals surface area contributed by atoms with Gasteiger partial charge in [-0.3, -0.25) is 9.48 Å². The van der Waals surface area contributed by atoms with E-state index in [0.717, 1.165) is 43.6 Å². The van der Waals surface area contributed by atoms with Gasteiger partial charge in [-0.2, -0.15) is 5.10 Å². The maximum absolute atomic E-state index is 12.8. The van der Waals surface area contributed by atoms with Gasteiger partial charge in [-0.1, -0.05) is 0 Å². The summed E-state index contributed by atoms with van der Waals surface area (Å²) < 4.78 is 1.88. The van der Waals surface area contributed by atoms with Crippen LogP contribution in [0.2, 0.25) is 0 Å². The second-order valence-electron chi connectivity index (χ2n) is 7.40. The zero-order chi connectivity index (χ0) is 18.1. The zero-order valence-corrected chi connectivity index (χ0v) is 15.3. The molecule has 7 heteroatoms. The van der Waals surface area contributed by atoms with Crippen molar-refractivity contribution < 1.29 is 14.7 Å². The largest absolute Gasteiger partial charge is 0.481 e. The molecule has 7 nitrogen and oxygen atoms in total. The van der Waals surface area contributed by atoms with Gasteiger partial charge in [0, 0.05) is 30.9 Å². The predicted molar refractivity (Wildman–Crippen MR) is 93.3 cm³/mol. The van der Waals surface area contributed by atoms with Gasteiger partial charge in [0.2, 0.25) is 0 Å². The first kappa shape index (κ1) is 17.8. The number of carboxylic acids is 1. The third kappa shape index (κ3) is 3.50. The summed E-state index contributed by atoms with van der Waals surface area (Å²) in [5, 5.41) is 16.7. The van der Waals surface area contributed by atoms with E-state index in [1.165, 1.54) is 5.56 Å². The van der Waals surface area contributed by atoms with Gasteiger partial charge in [-0.15, -0.1) is 0 Å². The number of aromatic nitrogens is 2. The van der Waals surface area contributed by atoms with E-state index in [2.05, 4.69) is 17.3 Å². The Hall–Kier alpha value is -2.05. The summed E-state index contributed by atoms with van der Waals surface area (Å²) in [5.41, 5.74) is 3.28. The third-order valence-electron chi connectivity index (χ3n) is 5.82. The van der Waals surface area contributed by atoms with Gasteiger partial charge in [-0.25, -0.2) is 4.79 Å². The topological polar surface area (TPSA) is 87.5 Å². The number of nitrogens with zero attached hydrogens (tertiary/aromatic N) is 3. The van der Waals surface area contributed by atoms with Crippen molar-refractivity contribution in [3.05, 3.63) is 17.0 Å². The highest BCUT2D eigenvalue weighted by molar-refractivity contribution is 5.75. The van der Waals surface area contributed by atoms with E-state index < -0.39 is 5.97 Å². The number of hydrogen-bond acceptors (Lipinski definition) is 3. The quantitative estimate of drug-likeness (QED) is 0.879. The number of carboxylic acid groups (broad SMARTS) is 1. The Balaban J connectivity index is 1.65. The first-order valence-corrected chi connectivity index (χ1v) is 9.18. The molecule has 25 heavy (non-hydrogen) atoms. The van der Waals surface area contributed by atoms with Crippen molar-refractivity contribution in [2.75, 3.05) is 6.54 Å². The molecule has 0 radical (unpaired) electrons. The van der Waals surface area contributed by atoms with E-state index >= 15 is 0 Å². The molecule has 1 aromatic heterocycles. The number of urea groups is 1. The highest BCUT2D eigenvalue weighted by atomic mass is 16.4. The molecule has 3 rings (SSSR count). The lowest BCUT2D eigenvalue weighted by Gasteiger charge is -2.31. The molecule has 138 valence electrons. The summed E-state index contributed by atoms with van der Waals surface area (Å²) >= 11 is 0. The number of hydrogen-bond donors (Lipinski definition) is 2. The first-order chi connectivity index (χ1) is 11.9. The molecule has 1 aromatic rings. The van der Waals surface area contributed by atoms with Crippen molar-refractivity contribution in [3.63, 3.8) is 0 Å². The minimum absolute atomic E-state index is 0.0241. The minimum Gasteiger partial charge on any atom is -0.481 e. The molecular weight excluding hydrogens is 320 g/mol. The monoisotopic (exact) mass is 348 g/mol. The molecular formula is C18H28N4O3. The smallest absolute Gasteiger partial charge is 0.318 e. The summed E-state index contributed by atoms with van der Waals surface area (Å²) in [6.07, 6.45) is 4.73. The fourth-order valence-corrected chi connectivity index (χ4v) is 4.32. The minimum atomic E-state index is -0.716. The molecule has 1 saturated carbocycles. The van der Waals surface area contributed by atoms with E-state index in [1.54, 1.807) is 0 Å². The molecule has 1 aliphatic heterocycles. The van der Waals surface area contributed by atoms with Crippen LogP contribution in [-0.2, 0) is 11.8 Å². The van der Waals surface area contributed by atoms with Crippen LogP contribution in [0.4, 0.5) is 4.79 Å². The van der Waals surface area contributed by atoms with Gasteiger partial charge in [0.1, 0.15) is 0 Å². The standard InChI is InChI=1S/C18H28N4O3/c1-11-16(12(2)21(3)20-11)15-5-4-10-22(15)18(25)19-14-8-6-13(7-9-14)17(23)24/h13-15H,4-10H2,1-3H3,(H,19,25)(H,23,24). The molecule has 2 heterocycles. The number of aryl methyl sites for hydroxylation is 2. The highest BCUT2D eigenvalue weighted by Gasteiger charge is 2.35. The summed E-state index contributed by atoms with van der Waals surface area (Å²) in [4.78, 5) is 25.8. The van der Waals surface area contributed by atoms with Crippen molar-refractivity contribution in [1.82, 2.24) is 20.0 Å². The van der Waals surface area contributed by atoms with Gasteiger partial charge in [-0.05, 0) is 52.4 Å². The summed E-state index contributed by atoms with van der Waals surface area (Å²) in [6, 6.07) is 0.147. The van der Waals surface area contributed by atoms with Crippen LogP contribution in [0, 0.1) is 19.8 Å².